The second-order valence-corrected chi connectivity index (χ2v) is 5.52. The largest absolute Gasteiger partial charge is 0.481 e. The van der Waals surface area contributed by atoms with E-state index in [4.69, 9.17) is 5.11 Å². The number of carboxylic acid groups (broad SMARTS) is 1. The summed E-state index contributed by atoms with van der Waals surface area (Å²) >= 11 is 0. The van der Waals surface area contributed by atoms with Crippen LogP contribution in [0.5, 0.6) is 0 Å². The van der Waals surface area contributed by atoms with Crippen LogP contribution in [-0.4, -0.2) is 41.1 Å². The molecule has 0 heterocycles. The Balaban J connectivity index is 1.81. The Morgan fingerprint density at radius 3 is 2.47 bits per heavy atom. The first-order chi connectivity index (χ1) is 9.08. The monoisotopic (exact) mass is 266 g/mol. The molecular formula is C14H22N2O3. The maximum absolute atomic E-state index is 12.1. The Kier molecular flexibility index (Phi) is 4.45. The number of nitrogens with one attached hydrogen (secondary N) is 1. The number of carbonyl (C=O) groups excluding carboxylic acids is 1. The maximum Gasteiger partial charge on any atom is 0.317 e. The standard InChI is InChI=1S/C14H22N2O3/c1-16(12-5-3-2-4-6-12)14(19)15-11-8-7-10(9-11)13(17)18/h7-8,10-12H,2-6,9H2,1H3,(H,15,19)(H,17,18). The predicted molar refractivity (Wildman–Crippen MR) is 71.8 cm³/mol. The van der Waals surface area contributed by atoms with E-state index in [2.05, 4.69) is 5.32 Å². The van der Waals surface area contributed by atoms with Crippen LogP contribution in [0.3, 0.4) is 0 Å². The molecule has 2 aliphatic rings. The van der Waals surface area contributed by atoms with Gasteiger partial charge in [0.25, 0.3) is 0 Å². The summed E-state index contributed by atoms with van der Waals surface area (Å²) in [5, 5.41) is 11.8. The summed E-state index contributed by atoms with van der Waals surface area (Å²) in [6.07, 6.45) is 9.68. The van der Waals surface area contributed by atoms with Gasteiger partial charge in [-0.25, -0.2) is 4.79 Å². The summed E-state index contributed by atoms with van der Waals surface area (Å²) in [5.41, 5.74) is 0. The van der Waals surface area contributed by atoms with Gasteiger partial charge >= 0.3 is 12.0 Å². The van der Waals surface area contributed by atoms with Crippen molar-refractivity contribution in [2.45, 2.75) is 50.6 Å². The first-order valence-electron chi connectivity index (χ1n) is 7.02. The summed E-state index contributed by atoms with van der Waals surface area (Å²) in [7, 11) is 1.83. The molecule has 0 saturated heterocycles. The smallest absolute Gasteiger partial charge is 0.317 e. The average molecular weight is 266 g/mol. The maximum atomic E-state index is 12.1. The van der Waals surface area contributed by atoms with Gasteiger partial charge in [0.15, 0.2) is 0 Å². The van der Waals surface area contributed by atoms with Crippen LogP contribution in [0.15, 0.2) is 12.2 Å². The molecule has 1 saturated carbocycles. The normalized spacial score (nSPS) is 27.2. The van der Waals surface area contributed by atoms with Crippen molar-refractivity contribution in [1.82, 2.24) is 10.2 Å². The second kappa shape index (κ2) is 6.08. The Hall–Kier alpha value is -1.52. The van der Waals surface area contributed by atoms with E-state index >= 15 is 0 Å². The van der Waals surface area contributed by atoms with Crippen LogP contribution in [0.25, 0.3) is 0 Å². The van der Waals surface area contributed by atoms with Crippen molar-refractivity contribution in [2.24, 2.45) is 5.92 Å². The van der Waals surface area contributed by atoms with Crippen molar-refractivity contribution in [1.29, 1.82) is 0 Å². The molecule has 2 rings (SSSR count). The van der Waals surface area contributed by atoms with Crippen molar-refractivity contribution >= 4 is 12.0 Å². The Bertz CT molecular complexity index is 375. The molecule has 5 heteroatoms. The molecule has 0 aliphatic heterocycles. The van der Waals surface area contributed by atoms with Crippen molar-refractivity contribution in [3.05, 3.63) is 12.2 Å². The van der Waals surface area contributed by atoms with E-state index in [1.54, 1.807) is 17.1 Å². The van der Waals surface area contributed by atoms with Crippen LogP contribution in [-0.2, 0) is 4.79 Å². The summed E-state index contributed by atoms with van der Waals surface area (Å²) in [6.45, 7) is 0. The number of carboxylic acids is 1. The highest BCUT2D eigenvalue weighted by Crippen LogP contribution is 2.22. The first-order valence-corrected chi connectivity index (χ1v) is 7.02. The molecule has 2 amide bonds. The molecule has 2 aliphatic carbocycles. The fourth-order valence-electron chi connectivity index (χ4n) is 2.88. The van der Waals surface area contributed by atoms with Gasteiger partial charge in [-0.15, -0.1) is 0 Å². The first kappa shape index (κ1) is 13.9. The fraction of sp³-hybridized carbons (Fsp3) is 0.714. The number of amides is 2. The van der Waals surface area contributed by atoms with Gasteiger partial charge in [-0.1, -0.05) is 31.4 Å². The van der Waals surface area contributed by atoms with Crippen molar-refractivity contribution in [3.8, 4) is 0 Å². The number of carbonyl (C=O) groups is 2. The van der Waals surface area contributed by atoms with Gasteiger partial charge in [-0.05, 0) is 19.3 Å². The summed E-state index contributed by atoms with van der Waals surface area (Å²) in [6, 6.07) is 0.0848. The zero-order chi connectivity index (χ0) is 13.8. The van der Waals surface area contributed by atoms with E-state index in [1.165, 1.54) is 19.3 Å². The highest BCUT2D eigenvalue weighted by Gasteiger charge is 2.28. The number of hydrogen-bond donors (Lipinski definition) is 2. The molecule has 5 nitrogen and oxygen atoms in total. The van der Waals surface area contributed by atoms with Crippen LogP contribution in [0.1, 0.15) is 38.5 Å². The number of aliphatic carboxylic acids is 1. The minimum absolute atomic E-state index is 0.0902. The second-order valence-electron chi connectivity index (χ2n) is 5.52. The molecule has 0 aromatic heterocycles. The third-order valence-electron chi connectivity index (χ3n) is 4.15. The zero-order valence-electron chi connectivity index (χ0n) is 11.3. The molecule has 2 unspecified atom stereocenters. The van der Waals surface area contributed by atoms with Crippen LogP contribution < -0.4 is 5.32 Å². The molecule has 2 atom stereocenters. The van der Waals surface area contributed by atoms with Crippen LogP contribution in [0.4, 0.5) is 4.79 Å². The summed E-state index contributed by atoms with van der Waals surface area (Å²) in [4.78, 5) is 24.7. The number of nitrogens with zero attached hydrogens (tertiary/aromatic N) is 1. The van der Waals surface area contributed by atoms with Gasteiger partial charge in [0.1, 0.15) is 0 Å². The molecule has 0 aromatic carbocycles. The zero-order valence-corrected chi connectivity index (χ0v) is 11.3. The van der Waals surface area contributed by atoms with Gasteiger partial charge in [0.2, 0.25) is 0 Å². The third kappa shape index (κ3) is 3.49. The van der Waals surface area contributed by atoms with E-state index in [9.17, 15) is 9.59 Å². The van der Waals surface area contributed by atoms with Crippen molar-refractivity contribution in [3.63, 3.8) is 0 Å². The topological polar surface area (TPSA) is 69.6 Å². The molecule has 19 heavy (non-hydrogen) atoms. The van der Waals surface area contributed by atoms with Gasteiger partial charge < -0.3 is 15.3 Å². The van der Waals surface area contributed by atoms with Crippen LogP contribution in [0.2, 0.25) is 0 Å². The van der Waals surface area contributed by atoms with E-state index < -0.39 is 11.9 Å². The lowest BCUT2D eigenvalue weighted by Crippen LogP contribution is -2.47. The lowest BCUT2D eigenvalue weighted by Gasteiger charge is -2.32. The molecule has 106 valence electrons. The van der Waals surface area contributed by atoms with E-state index in [-0.39, 0.29) is 12.1 Å². The summed E-state index contributed by atoms with van der Waals surface area (Å²) < 4.78 is 0. The number of hydrogen-bond acceptors (Lipinski definition) is 2. The molecular weight excluding hydrogens is 244 g/mol. The van der Waals surface area contributed by atoms with Gasteiger partial charge in [0, 0.05) is 13.1 Å². The molecule has 2 N–H and O–H groups in total. The lowest BCUT2D eigenvalue weighted by atomic mass is 9.95. The fourth-order valence-corrected chi connectivity index (χ4v) is 2.88. The van der Waals surface area contributed by atoms with E-state index in [0.717, 1.165) is 12.8 Å². The van der Waals surface area contributed by atoms with Gasteiger partial charge in [-0.3, -0.25) is 4.79 Å². The highest BCUT2D eigenvalue weighted by atomic mass is 16.4. The SMILES string of the molecule is CN(C(=O)NC1C=CC(C(=O)O)C1)C1CCCCC1. The molecule has 0 bridgehead atoms. The third-order valence-corrected chi connectivity index (χ3v) is 4.15. The molecule has 1 fully saturated rings. The number of urea groups is 1. The Labute approximate surface area is 113 Å². The van der Waals surface area contributed by atoms with Gasteiger partial charge in [0.05, 0.1) is 12.0 Å². The van der Waals surface area contributed by atoms with Crippen molar-refractivity contribution in [2.75, 3.05) is 7.05 Å². The Morgan fingerprint density at radius 2 is 1.89 bits per heavy atom. The van der Waals surface area contributed by atoms with Crippen LogP contribution in [0, 0.1) is 5.92 Å². The summed E-state index contributed by atoms with van der Waals surface area (Å²) in [5.74, 6) is -1.29. The number of rotatable bonds is 3. The predicted octanol–water partition coefficient (Wildman–Crippen LogP) is 1.99. The van der Waals surface area contributed by atoms with Crippen LogP contribution >= 0.6 is 0 Å². The lowest BCUT2D eigenvalue weighted by molar-refractivity contribution is -0.140. The van der Waals surface area contributed by atoms with E-state index in [1.807, 2.05) is 7.05 Å². The minimum Gasteiger partial charge on any atom is -0.481 e. The average Bonchev–Trinajstić information content (AvgIpc) is 2.87. The van der Waals surface area contributed by atoms with Crippen molar-refractivity contribution < 1.29 is 14.7 Å². The molecule has 0 spiro atoms. The Morgan fingerprint density at radius 1 is 1.21 bits per heavy atom. The minimum atomic E-state index is -0.825. The molecule has 0 radical (unpaired) electrons. The molecule has 0 aromatic rings. The van der Waals surface area contributed by atoms with Gasteiger partial charge in [-0.2, -0.15) is 0 Å². The quantitative estimate of drug-likeness (QED) is 0.767. The van der Waals surface area contributed by atoms with E-state index in [0.29, 0.717) is 12.5 Å². The highest BCUT2D eigenvalue weighted by molar-refractivity contribution is 5.76.